The lowest BCUT2D eigenvalue weighted by Gasteiger charge is -2.12. The van der Waals surface area contributed by atoms with Gasteiger partial charge in [0.1, 0.15) is 17.6 Å². The van der Waals surface area contributed by atoms with Crippen molar-refractivity contribution in [3.8, 4) is 17.5 Å². The molecule has 1 amide bonds. The predicted octanol–water partition coefficient (Wildman–Crippen LogP) is 4.34. The maximum Gasteiger partial charge on any atom is 0.274 e. The number of carbonyl (C=O) groups excluding carboxylic acids is 1. The SMILES string of the molecule is CC(C)CNc1cc(C(=O)Nc2ccccc2C#N)nc(-c2ccccc2)n1. The zero-order valence-electron chi connectivity index (χ0n) is 15.8. The minimum Gasteiger partial charge on any atom is -0.370 e. The van der Waals surface area contributed by atoms with Crippen LogP contribution in [-0.2, 0) is 0 Å². The van der Waals surface area contributed by atoms with Gasteiger partial charge in [-0.1, -0.05) is 56.3 Å². The van der Waals surface area contributed by atoms with Crippen molar-refractivity contribution >= 4 is 17.4 Å². The van der Waals surface area contributed by atoms with Gasteiger partial charge in [0.2, 0.25) is 0 Å². The van der Waals surface area contributed by atoms with Crippen LogP contribution in [0.3, 0.4) is 0 Å². The summed E-state index contributed by atoms with van der Waals surface area (Å²) < 4.78 is 0. The predicted molar refractivity (Wildman–Crippen MR) is 110 cm³/mol. The Balaban J connectivity index is 1.95. The largest absolute Gasteiger partial charge is 0.370 e. The van der Waals surface area contributed by atoms with Crippen LogP contribution in [0.4, 0.5) is 11.5 Å². The summed E-state index contributed by atoms with van der Waals surface area (Å²) in [5.74, 6) is 1.08. The number of amides is 1. The number of nitriles is 1. The topological polar surface area (TPSA) is 90.7 Å². The monoisotopic (exact) mass is 371 g/mol. The van der Waals surface area contributed by atoms with E-state index in [2.05, 4.69) is 40.5 Å². The first kappa shape index (κ1) is 19.1. The molecule has 0 fully saturated rings. The number of aromatic nitrogens is 2. The van der Waals surface area contributed by atoms with E-state index in [1.807, 2.05) is 30.3 Å². The van der Waals surface area contributed by atoms with Crippen molar-refractivity contribution in [1.82, 2.24) is 9.97 Å². The summed E-state index contributed by atoms with van der Waals surface area (Å²) in [4.78, 5) is 21.8. The van der Waals surface area contributed by atoms with Gasteiger partial charge in [-0.3, -0.25) is 4.79 Å². The van der Waals surface area contributed by atoms with Crippen molar-refractivity contribution in [2.75, 3.05) is 17.2 Å². The molecule has 6 nitrogen and oxygen atoms in total. The molecule has 0 aliphatic carbocycles. The quantitative estimate of drug-likeness (QED) is 0.673. The Bertz CT molecular complexity index is 1010. The van der Waals surface area contributed by atoms with Crippen LogP contribution in [0.2, 0.25) is 0 Å². The number of para-hydroxylation sites is 1. The van der Waals surface area contributed by atoms with E-state index in [0.29, 0.717) is 28.8 Å². The minimum atomic E-state index is -0.394. The van der Waals surface area contributed by atoms with Crippen molar-refractivity contribution in [3.05, 3.63) is 71.9 Å². The second-order valence-electron chi connectivity index (χ2n) is 6.71. The summed E-state index contributed by atoms with van der Waals surface area (Å²) in [5, 5.41) is 15.2. The summed E-state index contributed by atoms with van der Waals surface area (Å²) in [7, 11) is 0. The third kappa shape index (κ3) is 4.71. The normalized spacial score (nSPS) is 10.4. The molecular weight excluding hydrogens is 350 g/mol. The fourth-order valence-electron chi connectivity index (χ4n) is 2.56. The number of hydrogen-bond acceptors (Lipinski definition) is 5. The third-order valence-electron chi connectivity index (χ3n) is 3.98. The first-order chi connectivity index (χ1) is 13.6. The van der Waals surface area contributed by atoms with E-state index in [9.17, 15) is 10.1 Å². The molecule has 2 N–H and O–H groups in total. The zero-order chi connectivity index (χ0) is 19.9. The number of anilines is 2. The number of benzene rings is 2. The molecule has 0 atom stereocenters. The Kier molecular flexibility index (Phi) is 5.97. The van der Waals surface area contributed by atoms with E-state index in [1.165, 1.54) is 0 Å². The van der Waals surface area contributed by atoms with Crippen LogP contribution in [-0.4, -0.2) is 22.4 Å². The highest BCUT2D eigenvalue weighted by Crippen LogP contribution is 2.20. The van der Waals surface area contributed by atoms with E-state index < -0.39 is 5.91 Å². The summed E-state index contributed by atoms with van der Waals surface area (Å²) in [6.45, 7) is 4.92. The minimum absolute atomic E-state index is 0.229. The van der Waals surface area contributed by atoms with E-state index in [1.54, 1.807) is 30.3 Å². The molecule has 1 heterocycles. The van der Waals surface area contributed by atoms with E-state index in [-0.39, 0.29) is 5.69 Å². The van der Waals surface area contributed by atoms with Gasteiger partial charge in [0.05, 0.1) is 11.3 Å². The lowest BCUT2D eigenvalue weighted by molar-refractivity contribution is 0.102. The van der Waals surface area contributed by atoms with Crippen LogP contribution >= 0.6 is 0 Å². The summed E-state index contributed by atoms with van der Waals surface area (Å²) >= 11 is 0. The standard InChI is InChI=1S/C22H21N5O/c1-15(2)14-24-20-12-19(25-21(27-20)16-8-4-3-5-9-16)22(28)26-18-11-7-6-10-17(18)13-23/h3-12,15H,14H2,1-2H3,(H,26,28)(H,24,25,27). The first-order valence-electron chi connectivity index (χ1n) is 9.05. The molecule has 0 saturated carbocycles. The number of nitrogens with zero attached hydrogens (tertiary/aromatic N) is 3. The Morgan fingerprint density at radius 2 is 1.79 bits per heavy atom. The van der Waals surface area contributed by atoms with Crippen LogP contribution in [0.1, 0.15) is 29.9 Å². The van der Waals surface area contributed by atoms with Gasteiger partial charge in [-0.05, 0) is 18.1 Å². The molecule has 0 radical (unpaired) electrons. The lowest BCUT2D eigenvalue weighted by Crippen LogP contribution is -2.17. The molecule has 0 saturated heterocycles. The van der Waals surface area contributed by atoms with Crippen LogP contribution in [0.25, 0.3) is 11.4 Å². The Morgan fingerprint density at radius 3 is 2.50 bits per heavy atom. The van der Waals surface area contributed by atoms with Crippen molar-refractivity contribution in [3.63, 3.8) is 0 Å². The van der Waals surface area contributed by atoms with E-state index >= 15 is 0 Å². The van der Waals surface area contributed by atoms with E-state index in [0.717, 1.165) is 12.1 Å². The fourth-order valence-corrected chi connectivity index (χ4v) is 2.56. The van der Waals surface area contributed by atoms with Gasteiger partial charge in [-0.15, -0.1) is 0 Å². The van der Waals surface area contributed by atoms with Crippen molar-refractivity contribution in [2.24, 2.45) is 5.92 Å². The number of nitrogens with one attached hydrogen (secondary N) is 2. The molecule has 2 aromatic carbocycles. The number of rotatable bonds is 6. The van der Waals surface area contributed by atoms with Gasteiger partial charge in [0.15, 0.2) is 5.82 Å². The second kappa shape index (κ2) is 8.78. The smallest absolute Gasteiger partial charge is 0.274 e. The van der Waals surface area contributed by atoms with Crippen molar-refractivity contribution in [1.29, 1.82) is 5.26 Å². The van der Waals surface area contributed by atoms with Gasteiger partial charge in [0, 0.05) is 18.2 Å². The molecule has 6 heteroatoms. The molecule has 28 heavy (non-hydrogen) atoms. The zero-order valence-corrected chi connectivity index (χ0v) is 15.8. The van der Waals surface area contributed by atoms with Crippen molar-refractivity contribution in [2.45, 2.75) is 13.8 Å². The Hall–Kier alpha value is -3.72. The molecule has 3 aromatic rings. The molecule has 0 aliphatic rings. The molecule has 3 rings (SSSR count). The number of carbonyl (C=O) groups is 1. The van der Waals surface area contributed by atoms with Gasteiger partial charge >= 0.3 is 0 Å². The Labute approximate surface area is 164 Å². The summed E-state index contributed by atoms with van der Waals surface area (Å²) in [6.07, 6.45) is 0. The van der Waals surface area contributed by atoms with Gasteiger partial charge in [-0.2, -0.15) is 5.26 Å². The molecule has 0 unspecified atom stereocenters. The van der Waals surface area contributed by atoms with Crippen LogP contribution in [0.5, 0.6) is 0 Å². The highest BCUT2D eigenvalue weighted by Gasteiger charge is 2.15. The lowest BCUT2D eigenvalue weighted by atomic mass is 10.2. The summed E-state index contributed by atoms with van der Waals surface area (Å²) in [5.41, 5.74) is 1.90. The summed E-state index contributed by atoms with van der Waals surface area (Å²) in [6, 6.07) is 20.1. The average molecular weight is 371 g/mol. The van der Waals surface area contributed by atoms with Gasteiger partial charge < -0.3 is 10.6 Å². The molecule has 1 aromatic heterocycles. The second-order valence-corrected chi connectivity index (χ2v) is 6.71. The van der Waals surface area contributed by atoms with Gasteiger partial charge in [-0.25, -0.2) is 9.97 Å². The maximum absolute atomic E-state index is 12.8. The van der Waals surface area contributed by atoms with Gasteiger partial charge in [0.25, 0.3) is 5.91 Å². The average Bonchev–Trinajstić information content (AvgIpc) is 2.73. The highest BCUT2D eigenvalue weighted by molar-refractivity contribution is 6.04. The Morgan fingerprint density at radius 1 is 1.07 bits per heavy atom. The van der Waals surface area contributed by atoms with Crippen LogP contribution in [0.15, 0.2) is 60.7 Å². The third-order valence-corrected chi connectivity index (χ3v) is 3.98. The van der Waals surface area contributed by atoms with Crippen molar-refractivity contribution < 1.29 is 4.79 Å². The molecule has 140 valence electrons. The van der Waals surface area contributed by atoms with E-state index in [4.69, 9.17) is 0 Å². The molecule has 0 aliphatic heterocycles. The first-order valence-corrected chi connectivity index (χ1v) is 9.05. The highest BCUT2D eigenvalue weighted by atomic mass is 16.1. The van der Waals surface area contributed by atoms with Crippen LogP contribution in [0, 0.1) is 17.2 Å². The maximum atomic E-state index is 12.8. The van der Waals surface area contributed by atoms with Crippen LogP contribution < -0.4 is 10.6 Å². The molecular formula is C22H21N5O. The fraction of sp³-hybridized carbons (Fsp3) is 0.182. The molecule has 0 bridgehead atoms. The molecule has 0 spiro atoms. The number of hydrogen-bond donors (Lipinski definition) is 2.